The molecule has 4 heterocycles. The molecule has 0 bridgehead atoms. The number of aliphatic carboxylic acids is 1. The topological polar surface area (TPSA) is 176 Å². The number of amides is 2. The molecular formula is C51H50N4O12. The number of hydrogen-bond acceptors (Lipinski definition) is 13. The lowest BCUT2D eigenvalue weighted by atomic mass is 10.1. The third kappa shape index (κ3) is 9.96. The van der Waals surface area contributed by atoms with Crippen LogP contribution >= 0.6 is 0 Å². The maximum absolute atomic E-state index is 14.0. The summed E-state index contributed by atoms with van der Waals surface area (Å²) in [6.45, 7) is 2.17. The largest absolute Gasteiger partial charge is 0.493 e. The number of benzene rings is 5. The zero-order valence-corrected chi connectivity index (χ0v) is 37.2. The Balaban J connectivity index is 0.897. The van der Waals surface area contributed by atoms with Gasteiger partial charge in [0.2, 0.25) is 0 Å². The van der Waals surface area contributed by atoms with Gasteiger partial charge in [0.25, 0.3) is 11.8 Å². The normalized spacial score (nSPS) is 16.3. The van der Waals surface area contributed by atoms with Crippen molar-refractivity contribution in [2.45, 2.75) is 44.6 Å². The first-order valence-corrected chi connectivity index (χ1v) is 22.1. The van der Waals surface area contributed by atoms with Gasteiger partial charge in [-0.25, -0.2) is 0 Å². The molecule has 16 heteroatoms. The standard InChI is InChI=1S/C51H50N4O12/c1-60-45-24-39-41(52-28-36-22-34-7-3-5-9-43(34)54(36)50(39)58)26-47(45)66-30-32-19-33(21-38(20-32)65-18-17-64-16-15-63-14-13-62-12-11-49(56)57)31-67-48-27-42-40(25-46(48)61-2)51(59)55-37(29-53-42)23-35-8-4-6-10-44(35)55/h3-10,19-21,24-29,36-37H,11-18,22-23,30-31H2,1-2H3,(H,56,57)/t36-,37-/m0/s1. The predicted molar refractivity (Wildman–Crippen MR) is 249 cm³/mol. The monoisotopic (exact) mass is 910 g/mol. The molecule has 67 heavy (non-hydrogen) atoms. The maximum Gasteiger partial charge on any atom is 0.305 e. The summed E-state index contributed by atoms with van der Waals surface area (Å²) in [5.74, 6) is 0.918. The Hall–Kier alpha value is -7.27. The molecule has 0 radical (unpaired) electrons. The number of hydrogen-bond donors (Lipinski definition) is 1. The minimum absolute atomic E-state index is 0.0522. The minimum atomic E-state index is -0.908. The van der Waals surface area contributed by atoms with Crippen LogP contribution in [0.15, 0.2) is 101 Å². The van der Waals surface area contributed by atoms with Crippen molar-refractivity contribution in [2.75, 3.05) is 70.3 Å². The molecule has 5 aromatic rings. The summed E-state index contributed by atoms with van der Waals surface area (Å²) in [6, 6.07) is 27.9. The van der Waals surface area contributed by atoms with Crippen molar-refractivity contribution < 1.29 is 57.4 Å². The molecule has 0 aliphatic carbocycles. The van der Waals surface area contributed by atoms with Crippen LogP contribution in [0.2, 0.25) is 0 Å². The number of rotatable bonds is 21. The lowest BCUT2D eigenvalue weighted by molar-refractivity contribution is -0.138. The Morgan fingerprint density at radius 3 is 1.52 bits per heavy atom. The number of anilines is 2. The first kappa shape index (κ1) is 44.9. The van der Waals surface area contributed by atoms with Crippen molar-refractivity contribution in [3.63, 3.8) is 0 Å². The zero-order valence-electron chi connectivity index (χ0n) is 37.2. The number of ether oxygens (including phenoxy) is 8. The van der Waals surface area contributed by atoms with Crippen LogP contribution in [-0.4, -0.2) is 108 Å². The number of carboxylic acids is 1. The SMILES string of the molecule is COc1cc2c(cc1OCc1cc(COc3cc4c(cc3OC)C(=O)N3c5ccccc5C[C@H]3C=N4)cc(OCCOCCOCCOCCC(=O)O)c1)N=C[C@@H]1Cc3ccccc3N1C2=O. The molecule has 5 aromatic carbocycles. The summed E-state index contributed by atoms with van der Waals surface area (Å²) in [7, 11) is 3.07. The van der Waals surface area contributed by atoms with Crippen LogP contribution in [0.25, 0.3) is 0 Å². The molecule has 346 valence electrons. The Morgan fingerprint density at radius 1 is 0.582 bits per heavy atom. The number of carboxylic acid groups (broad SMARTS) is 1. The predicted octanol–water partition coefficient (Wildman–Crippen LogP) is 7.34. The minimum Gasteiger partial charge on any atom is -0.493 e. The van der Waals surface area contributed by atoms with E-state index in [0.29, 0.717) is 90.5 Å². The molecule has 0 aromatic heterocycles. The van der Waals surface area contributed by atoms with E-state index in [1.807, 2.05) is 79.2 Å². The summed E-state index contributed by atoms with van der Waals surface area (Å²) in [6.07, 6.45) is 4.95. The van der Waals surface area contributed by atoms with Gasteiger partial charge in [0, 0.05) is 48.8 Å². The summed E-state index contributed by atoms with van der Waals surface area (Å²) in [4.78, 5) is 51.7. The molecule has 4 aliphatic rings. The highest BCUT2D eigenvalue weighted by molar-refractivity contribution is 6.15. The first-order valence-electron chi connectivity index (χ1n) is 22.1. The lowest BCUT2D eigenvalue weighted by Crippen LogP contribution is -2.37. The van der Waals surface area contributed by atoms with Crippen molar-refractivity contribution >= 4 is 53.0 Å². The van der Waals surface area contributed by atoms with Gasteiger partial charge in [-0.3, -0.25) is 34.2 Å². The number of para-hydroxylation sites is 2. The fourth-order valence-corrected chi connectivity index (χ4v) is 8.60. The van der Waals surface area contributed by atoms with Crippen LogP contribution in [0.5, 0.6) is 28.7 Å². The van der Waals surface area contributed by atoms with Crippen LogP contribution in [0.4, 0.5) is 22.7 Å². The van der Waals surface area contributed by atoms with E-state index in [0.717, 1.165) is 33.6 Å². The number of carbonyl (C=O) groups excluding carboxylic acids is 2. The van der Waals surface area contributed by atoms with E-state index in [2.05, 4.69) is 0 Å². The van der Waals surface area contributed by atoms with Crippen molar-refractivity contribution in [1.29, 1.82) is 0 Å². The smallest absolute Gasteiger partial charge is 0.305 e. The van der Waals surface area contributed by atoms with E-state index in [-0.39, 0.29) is 63.4 Å². The van der Waals surface area contributed by atoms with Crippen LogP contribution < -0.4 is 33.5 Å². The van der Waals surface area contributed by atoms with Crippen LogP contribution in [0.1, 0.15) is 49.4 Å². The van der Waals surface area contributed by atoms with E-state index in [9.17, 15) is 14.4 Å². The van der Waals surface area contributed by atoms with E-state index in [4.69, 9.17) is 53.0 Å². The Labute approximate surface area is 387 Å². The van der Waals surface area contributed by atoms with Crippen molar-refractivity contribution in [3.8, 4) is 28.7 Å². The highest BCUT2D eigenvalue weighted by Gasteiger charge is 2.38. The quantitative estimate of drug-likeness (QED) is 0.0727. The van der Waals surface area contributed by atoms with Gasteiger partial charge in [-0.1, -0.05) is 36.4 Å². The first-order chi connectivity index (χ1) is 32.8. The van der Waals surface area contributed by atoms with Gasteiger partial charge >= 0.3 is 5.97 Å². The highest BCUT2D eigenvalue weighted by atomic mass is 16.6. The third-order valence-electron chi connectivity index (χ3n) is 11.8. The summed E-state index contributed by atoms with van der Waals surface area (Å²) >= 11 is 0. The van der Waals surface area contributed by atoms with Crippen LogP contribution in [0.3, 0.4) is 0 Å². The molecule has 2 atom stereocenters. The lowest BCUT2D eigenvalue weighted by Gasteiger charge is -2.22. The molecule has 0 spiro atoms. The molecule has 4 aliphatic heterocycles. The summed E-state index contributed by atoms with van der Waals surface area (Å²) in [5, 5.41) is 8.72. The molecule has 0 saturated carbocycles. The number of nitrogens with zero attached hydrogens (tertiary/aromatic N) is 4. The molecule has 0 unspecified atom stereocenters. The maximum atomic E-state index is 14.0. The van der Waals surface area contributed by atoms with Crippen LogP contribution in [-0.2, 0) is 45.1 Å². The van der Waals surface area contributed by atoms with Gasteiger partial charge in [0.05, 0.1) is 94.9 Å². The zero-order chi connectivity index (χ0) is 46.3. The Morgan fingerprint density at radius 2 is 1.04 bits per heavy atom. The fraction of sp³-hybridized carbons (Fsp3) is 0.314. The summed E-state index contributed by atoms with van der Waals surface area (Å²) in [5.41, 5.74) is 7.27. The molecule has 2 amide bonds. The van der Waals surface area contributed by atoms with Crippen molar-refractivity contribution in [1.82, 2.24) is 0 Å². The van der Waals surface area contributed by atoms with Gasteiger partial charge in [0.15, 0.2) is 23.0 Å². The van der Waals surface area contributed by atoms with Gasteiger partial charge in [-0.2, -0.15) is 0 Å². The molecular weight excluding hydrogens is 861 g/mol. The second-order valence-corrected chi connectivity index (χ2v) is 16.1. The Bertz CT molecular complexity index is 2560. The van der Waals surface area contributed by atoms with E-state index < -0.39 is 5.97 Å². The van der Waals surface area contributed by atoms with Gasteiger partial charge in [0.1, 0.15) is 25.6 Å². The second-order valence-electron chi connectivity index (χ2n) is 16.1. The van der Waals surface area contributed by atoms with Crippen molar-refractivity contribution in [2.24, 2.45) is 9.98 Å². The number of carbonyl (C=O) groups is 3. The fourth-order valence-electron chi connectivity index (χ4n) is 8.60. The third-order valence-corrected chi connectivity index (χ3v) is 11.8. The van der Waals surface area contributed by atoms with E-state index in [1.54, 1.807) is 34.1 Å². The van der Waals surface area contributed by atoms with Crippen molar-refractivity contribution in [3.05, 3.63) is 124 Å². The molecule has 9 rings (SSSR count). The van der Waals surface area contributed by atoms with Gasteiger partial charge in [-0.15, -0.1) is 0 Å². The average molecular weight is 911 g/mol. The van der Waals surface area contributed by atoms with Gasteiger partial charge in [-0.05, 0) is 64.7 Å². The van der Waals surface area contributed by atoms with E-state index in [1.165, 1.54) is 14.2 Å². The average Bonchev–Trinajstić information content (AvgIpc) is 3.83. The number of aliphatic imine (C=N–C) groups is 2. The summed E-state index contributed by atoms with van der Waals surface area (Å²) < 4.78 is 47.0. The molecule has 0 saturated heterocycles. The molecule has 1 N–H and O–H groups in total. The Kier molecular flexibility index (Phi) is 13.7. The second kappa shape index (κ2) is 20.5. The van der Waals surface area contributed by atoms with Gasteiger partial charge < -0.3 is 43.0 Å². The van der Waals surface area contributed by atoms with Crippen LogP contribution in [0, 0.1) is 0 Å². The molecule has 0 fully saturated rings. The number of fused-ring (bicyclic) bond motifs is 8. The highest BCUT2D eigenvalue weighted by Crippen LogP contribution is 2.43. The number of methoxy groups -OCH3 is 2. The van der Waals surface area contributed by atoms with E-state index >= 15 is 0 Å². The molecule has 16 nitrogen and oxygen atoms in total.